The number of para-hydroxylation sites is 1. The van der Waals surface area contributed by atoms with Gasteiger partial charge < -0.3 is 25.4 Å². The van der Waals surface area contributed by atoms with Gasteiger partial charge in [-0.2, -0.15) is 4.99 Å². The van der Waals surface area contributed by atoms with Crippen LogP contribution in [0.5, 0.6) is 0 Å². The van der Waals surface area contributed by atoms with E-state index >= 15 is 0 Å². The van der Waals surface area contributed by atoms with Crippen LogP contribution in [-0.4, -0.2) is 61.0 Å². The van der Waals surface area contributed by atoms with Gasteiger partial charge in [-0.25, -0.2) is 9.98 Å². The monoisotopic (exact) mass is 563 g/mol. The molecule has 0 saturated carbocycles. The second kappa shape index (κ2) is 13.0. The first-order chi connectivity index (χ1) is 20.6. The number of nitrogens with two attached hydrogens (primary N) is 1. The fourth-order valence-electron chi connectivity index (χ4n) is 4.88. The number of carbonyl (C=O) groups is 1. The van der Waals surface area contributed by atoms with Crippen LogP contribution in [0.25, 0.3) is 10.8 Å². The number of benzodiazepines with no additional fused rings is 1. The van der Waals surface area contributed by atoms with Gasteiger partial charge in [-0.1, -0.05) is 86.6 Å². The summed E-state index contributed by atoms with van der Waals surface area (Å²) in [6, 6.07) is 24.5. The number of morpholine rings is 1. The lowest BCUT2D eigenvalue weighted by Gasteiger charge is -2.31. The predicted molar refractivity (Wildman–Crippen MR) is 167 cm³/mol. The molecular weight excluding hydrogens is 530 g/mol. The normalized spacial score (nSPS) is 16.8. The van der Waals surface area contributed by atoms with Crippen LogP contribution in [0.3, 0.4) is 0 Å². The molecule has 42 heavy (non-hydrogen) atoms. The van der Waals surface area contributed by atoms with Gasteiger partial charge in [0.15, 0.2) is 0 Å². The maximum absolute atomic E-state index is 13.1. The van der Waals surface area contributed by atoms with Gasteiger partial charge in [0.25, 0.3) is 11.9 Å². The molecule has 2 aliphatic heterocycles. The van der Waals surface area contributed by atoms with Crippen molar-refractivity contribution in [2.75, 3.05) is 36.5 Å². The Morgan fingerprint density at radius 2 is 1.71 bits per heavy atom. The van der Waals surface area contributed by atoms with E-state index in [1.54, 1.807) is 6.20 Å². The van der Waals surface area contributed by atoms with E-state index in [2.05, 4.69) is 25.2 Å². The van der Waals surface area contributed by atoms with Gasteiger partial charge in [0.1, 0.15) is 5.69 Å². The van der Waals surface area contributed by atoms with Crippen LogP contribution in [0.1, 0.15) is 30.7 Å². The average molecular weight is 564 g/mol. The van der Waals surface area contributed by atoms with E-state index in [-0.39, 0.29) is 11.9 Å². The van der Waals surface area contributed by atoms with Crippen LogP contribution in [0.15, 0.2) is 95.0 Å². The fraction of sp³-hybridized carbons (Fsp3) is 0.219. The summed E-state index contributed by atoms with van der Waals surface area (Å²) in [5.74, 6) is -0.743. The van der Waals surface area contributed by atoms with E-state index in [0.717, 1.165) is 27.6 Å². The molecule has 1 saturated heterocycles. The molecule has 6 rings (SSSR count). The maximum atomic E-state index is 13.1. The predicted octanol–water partition coefficient (Wildman–Crippen LogP) is 4.57. The third kappa shape index (κ3) is 5.98. The largest absolute Gasteiger partial charge is 0.405 e. The van der Waals surface area contributed by atoms with Crippen LogP contribution < -0.4 is 16.0 Å². The van der Waals surface area contributed by atoms with Crippen molar-refractivity contribution in [2.24, 2.45) is 15.7 Å². The topological polar surface area (TPSA) is 138 Å². The van der Waals surface area contributed by atoms with E-state index in [0.29, 0.717) is 43.4 Å². The molecule has 1 unspecified atom stereocenters. The Morgan fingerprint density at radius 3 is 2.50 bits per heavy atom. The van der Waals surface area contributed by atoms with Crippen LogP contribution >= 0.6 is 0 Å². The molecule has 2 aliphatic rings. The summed E-state index contributed by atoms with van der Waals surface area (Å²) >= 11 is 0. The number of anilines is 2. The standard InChI is InChI=1S/C30H27N7O3.C2H6/c31-27(25-26(37-14-16-39-17-15-37)21-11-5-4-10-20(21)18-33-25)40-30(32)36-28-29(38)34-23-13-7-6-12-22(23)24(35-28)19-8-2-1-3-9-19;1-2/h1-13,18,28,31H,14-17H2,(H2,32,36)(H,34,38);1-2H3. The SMILES string of the molecule is CC.N=C(O/C(N)=N/C1N=C(c2ccccc2)c2ccccc2NC1=O)c1ncc2ccccc2c1N1CCOCC1. The molecule has 4 N–H and O–H groups in total. The highest BCUT2D eigenvalue weighted by Gasteiger charge is 2.27. The van der Waals surface area contributed by atoms with Crippen LogP contribution in [0, 0.1) is 5.41 Å². The summed E-state index contributed by atoms with van der Waals surface area (Å²) in [6.07, 6.45) is 0.477. The number of nitrogens with zero attached hydrogens (tertiary/aromatic N) is 4. The zero-order valence-corrected chi connectivity index (χ0v) is 23.6. The van der Waals surface area contributed by atoms with Crippen molar-refractivity contribution < 1.29 is 14.3 Å². The number of hydrogen-bond acceptors (Lipinski definition) is 8. The van der Waals surface area contributed by atoms with Gasteiger partial charge in [0.2, 0.25) is 12.1 Å². The van der Waals surface area contributed by atoms with Crippen molar-refractivity contribution in [2.45, 2.75) is 20.0 Å². The molecule has 1 amide bonds. The van der Waals surface area contributed by atoms with Crippen molar-refractivity contribution in [1.82, 2.24) is 4.98 Å². The van der Waals surface area contributed by atoms with Gasteiger partial charge in [-0.3, -0.25) is 10.2 Å². The smallest absolute Gasteiger partial charge is 0.291 e. The summed E-state index contributed by atoms with van der Waals surface area (Å²) in [4.78, 5) is 28.7. The summed E-state index contributed by atoms with van der Waals surface area (Å²) in [5.41, 5.74) is 10.1. The minimum Gasteiger partial charge on any atom is -0.405 e. The van der Waals surface area contributed by atoms with Crippen molar-refractivity contribution in [1.29, 1.82) is 5.41 Å². The lowest BCUT2D eigenvalue weighted by atomic mass is 10.0. The quantitative estimate of drug-likeness (QED) is 0.246. The lowest BCUT2D eigenvalue weighted by molar-refractivity contribution is -0.117. The number of amides is 1. The molecule has 3 heterocycles. The molecule has 1 fully saturated rings. The third-order valence-corrected chi connectivity index (χ3v) is 6.74. The molecule has 3 aromatic carbocycles. The molecule has 10 nitrogen and oxygen atoms in total. The Labute approximate surface area is 244 Å². The number of rotatable bonds is 4. The van der Waals surface area contributed by atoms with Crippen molar-refractivity contribution >= 4 is 45.7 Å². The van der Waals surface area contributed by atoms with Crippen LogP contribution in [0.4, 0.5) is 11.4 Å². The number of ether oxygens (including phenoxy) is 2. The van der Waals surface area contributed by atoms with Crippen LogP contribution in [-0.2, 0) is 14.3 Å². The minimum absolute atomic E-state index is 0.280. The Bertz CT molecular complexity index is 1650. The van der Waals surface area contributed by atoms with Gasteiger partial charge >= 0.3 is 0 Å². The second-order valence-corrected chi connectivity index (χ2v) is 9.29. The molecular formula is C32H33N7O3. The maximum Gasteiger partial charge on any atom is 0.291 e. The zero-order chi connectivity index (χ0) is 29.5. The molecule has 0 aliphatic carbocycles. The summed E-state index contributed by atoms with van der Waals surface area (Å²) < 4.78 is 11.2. The summed E-state index contributed by atoms with van der Waals surface area (Å²) in [7, 11) is 0. The Kier molecular flexibility index (Phi) is 8.84. The Morgan fingerprint density at radius 1 is 1.02 bits per heavy atom. The van der Waals surface area contributed by atoms with Crippen molar-refractivity contribution in [3.63, 3.8) is 0 Å². The molecule has 1 atom stereocenters. The number of aromatic nitrogens is 1. The second-order valence-electron chi connectivity index (χ2n) is 9.29. The first-order valence-electron chi connectivity index (χ1n) is 13.9. The van der Waals surface area contributed by atoms with E-state index in [1.165, 1.54) is 0 Å². The number of carbonyl (C=O) groups excluding carboxylic acids is 1. The van der Waals surface area contributed by atoms with Crippen LogP contribution in [0.2, 0.25) is 0 Å². The third-order valence-electron chi connectivity index (χ3n) is 6.74. The first kappa shape index (κ1) is 28.4. The van der Waals surface area contributed by atoms with Gasteiger partial charge in [0.05, 0.1) is 30.3 Å². The molecule has 10 heteroatoms. The average Bonchev–Trinajstić information content (AvgIpc) is 3.18. The number of aliphatic imine (C=N–C) groups is 2. The number of benzene rings is 3. The molecule has 4 aromatic rings. The minimum atomic E-state index is -1.22. The van der Waals surface area contributed by atoms with E-state index in [9.17, 15) is 4.79 Å². The van der Waals surface area contributed by atoms with E-state index in [1.807, 2.05) is 92.7 Å². The van der Waals surface area contributed by atoms with Gasteiger partial charge in [-0.05, 0) is 6.07 Å². The number of pyridine rings is 1. The number of hydrogen-bond donors (Lipinski definition) is 3. The number of amidine groups is 1. The summed E-state index contributed by atoms with van der Waals surface area (Å²) in [5, 5.41) is 13.5. The number of fused-ring (bicyclic) bond motifs is 2. The fourth-order valence-corrected chi connectivity index (χ4v) is 4.88. The molecule has 0 spiro atoms. The van der Waals surface area contributed by atoms with E-state index in [4.69, 9.17) is 20.6 Å². The molecule has 214 valence electrons. The summed E-state index contributed by atoms with van der Waals surface area (Å²) in [6.45, 7) is 6.45. The highest BCUT2D eigenvalue weighted by atomic mass is 16.5. The van der Waals surface area contributed by atoms with Gasteiger partial charge in [-0.15, -0.1) is 0 Å². The van der Waals surface area contributed by atoms with Crippen molar-refractivity contribution in [3.8, 4) is 0 Å². The number of nitrogens with one attached hydrogen (secondary N) is 2. The van der Waals surface area contributed by atoms with E-state index < -0.39 is 12.1 Å². The van der Waals surface area contributed by atoms with Crippen molar-refractivity contribution in [3.05, 3.63) is 102 Å². The first-order valence-corrected chi connectivity index (χ1v) is 13.9. The Hall–Kier alpha value is -5.09. The highest BCUT2D eigenvalue weighted by molar-refractivity contribution is 6.19. The highest BCUT2D eigenvalue weighted by Crippen LogP contribution is 2.31. The van der Waals surface area contributed by atoms with Gasteiger partial charge in [0, 0.05) is 41.2 Å². The molecule has 0 bridgehead atoms. The lowest BCUT2D eigenvalue weighted by Crippen LogP contribution is -2.38. The zero-order valence-electron chi connectivity index (χ0n) is 23.6. The molecule has 1 aromatic heterocycles. The molecule has 0 radical (unpaired) electrons. The Balaban J connectivity index is 0.00000173.